The lowest BCUT2D eigenvalue weighted by Crippen LogP contribution is -2.51. The predicted molar refractivity (Wildman–Crippen MR) is 109 cm³/mol. The van der Waals surface area contributed by atoms with E-state index in [1.165, 1.54) is 26.4 Å². The lowest BCUT2D eigenvalue weighted by atomic mass is 10.0. The van der Waals surface area contributed by atoms with E-state index < -0.39 is 24.0 Å². The second-order valence-corrected chi connectivity index (χ2v) is 6.20. The van der Waals surface area contributed by atoms with Crippen molar-refractivity contribution in [2.45, 2.75) is 26.3 Å². The number of carbonyl (C=O) groups is 3. The molecule has 0 aliphatic carbocycles. The summed E-state index contributed by atoms with van der Waals surface area (Å²) in [6.07, 6.45) is 3.23. The van der Waals surface area contributed by atoms with Crippen LogP contribution in [0.25, 0.3) is 6.08 Å². The number of methoxy groups -OCH3 is 2. The van der Waals surface area contributed by atoms with Crippen LogP contribution in [0.15, 0.2) is 35.5 Å². The molecule has 0 unspecified atom stereocenters. The van der Waals surface area contributed by atoms with Gasteiger partial charge < -0.3 is 29.6 Å². The molecule has 1 aromatic carbocycles. The van der Waals surface area contributed by atoms with E-state index in [4.69, 9.17) is 18.9 Å². The second-order valence-electron chi connectivity index (χ2n) is 6.20. The largest absolute Gasteiger partial charge is 0.493 e. The van der Waals surface area contributed by atoms with Gasteiger partial charge in [0, 0.05) is 11.6 Å². The van der Waals surface area contributed by atoms with Gasteiger partial charge in [-0.2, -0.15) is 0 Å². The number of hydrogen-bond donors (Lipinski definition) is 2. The van der Waals surface area contributed by atoms with E-state index in [1.807, 2.05) is 6.92 Å². The summed E-state index contributed by atoms with van der Waals surface area (Å²) in [4.78, 5) is 36.4. The topological polar surface area (TPSA) is 112 Å². The Labute approximate surface area is 175 Å². The van der Waals surface area contributed by atoms with Gasteiger partial charge in [0.1, 0.15) is 6.61 Å². The molecule has 9 nitrogen and oxygen atoms in total. The van der Waals surface area contributed by atoms with E-state index >= 15 is 0 Å². The van der Waals surface area contributed by atoms with Crippen molar-refractivity contribution in [3.8, 4) is 11.5 Å². The van der Waals surface area contributed by atoms with Crippen LogP contribution in [-0.4, -0.2) is 51.4 Å². The number of rotatable bonds is 9. The number of esters is 2. The summed E-state index contributed by atoms with van der Waals surface area (Å²) in [5.74, 6) is -0.219. The zero-order chi connectivity index (χ0) is 22.1. The summed E-state index contributed by atoms with van der Waals surface area (Å²) >= 11 is 0. The Morgan fingerprint density at radius 2 is 1.90 bits per heavy atom. The standard InChI is InChI=1S/C21H26N2O7/c1-5-14-18(20(25)29-6-2)15(23-21(26)22-14)12-30-17(24)11-10-13-8-7-9-16(27-3)19(13)28-4/h7-11,14H,5-6,12H2,1-4H3,(H2,22,23,26)/b11-10+/t14-/m0/s1. The molecule has 1 atom stereocenters. The molecule has 0 radical (unpaired) electrons. The maximum absolute atomic E-state index is 12.3. The summed E-state index contributed by atoms with van der Waals surface area (Å²) < 4.78 is 20.8. The fraction of sp³-hybridized carbons (Fsp3) is 0.381. The molecule has 2 N–H and O–H groups in total. The number of amides is 2. The third-order valence-electron chi connectivity index (χ3n) is 4.34. The molecule has 162 valence electrons. The zero-order valence-electron chi connectivity index (χ0n) is 17.4. The van der Waals surface area contributed by atoms with Crippen LogP contribution in [0, 0.1) is 0 Å². The summed E-state index contributed by atoms with van der Waals surface area (Å²) in [5, 5.41) is 5.18. The molecule has 0 aromatic heterocycles. The van der Waals surface area contributed by atoms with Gasteiger partial charge in [-0.25, -0.2) is 14.4 Å². The minimum absolute atomic E-state index is 0.185. The molecular formula is C21H26N2O7. The molecule has 30 heavy (non-hydrogen) atoms. The van der Waals surface area contributed by atoms with Crippen LogP contribution >= 0.6 is 0 Å². The van der Waals surface area contributed by atoms with Crippen molar-refractivity contribution in [1.82, 2.24) is 10.6 Å². The van der Waals surface area contributed by atoms with Gasteiger partial charge in [0.25, 0.3) is 0 Å². The van der Waals surface area contributed by atoms with E-state index in [2.05, 4.69) is 10.6 Å². The van der Waals surface area contributed by atoms with Crippen LogP contribution in [0.2, 0.25) is 0 Å². The van der Waals surface area contributed by atoms with Gasteiger partial charge in [0.15, 0.2) is 11.5 Å². The lowest BCUT2D eigenvalue weighted by molar-refractivity contribution is -0.140. The quantitative estimate of drug-likeness (QED) is 0.467. The molecule has 0 fully saturated rings. The number of para-hydroxylation sites is 1. The Morgan fingerprint density at radius 1 is 1.13 bits per heavy atom. The van der Waals surface area contributed by atoms with Gasteiger partial charge in [0.2, 0.25) is 0 Å². The fourth-order valence-corrected chi connectivity index (χ4v) is 2.97. The molecular weight excluding hydrogens is 392 g/mol. The molecule has 0 saturated carbocycles. The number of benzene rings is 1. The highest BCUT2D eigenvalue weighted by Crippen LogP contribution is 2.31. The van der Waals surface area contributed by atoms with Crippen LogP contribution in [-0.2, 0) is 19.1 Å². The molecule has 1 aromatic rings. The highest BCUT2D eigenvalue weighted by molar-refractivity contribution is 5.95. The number of ether oxygens (including phenoxy) is 4. The first kappa shape index (κ1) is 22.8. The van der Waals surface area contributed by atoms with Crippen molar-refractivity contribution in [3.63, 3.8) is 0 Å². The van der Waals surface area contributed by atoms with Crippen molar-refractivity contribution in [1.29, 1.82) is 0 Å². The SMILES string of the molecule is CCOC(=O)C1=C(COC(=O)/C=C/c2cccc(OC)c2OC)NC(=O)N[C@H]1CC. The number of urea groups is 1. The second kappa shape index (κ2) is 10.9. The molecule has 0 bridgehead atoms. The van der Waals surface area contributed by atoms with Gasteiger partial charge in [-0.3, -0.25) is 0 Å². The maximum Gasteiger partial charge on any atom is 0.338 e. The first-order chi connectivity index (χ1) is 14.4. The Hall–Kier alpha value is -3.49. The maximum atomic E-state index is 12.3. The first-order valence-corrected chi connectivity index (χ1v) is 9.48. The average Bonchev–Trinajstić information content (AvgIpc) is 2.75. The highest BCUT2D eigenvalue weighted by atomic mass is 16.5. The number of nitrogens with one attached hydrogen (secondary N) is 2. The Balaban J connectivity index is 2.15. The van der Waals surface area contributed by atoms with E-state index in [0.29, 0.717) is 23.5 Å². The lowest BCUT2D eigenvalue weighted by Gasteiger charge is -2.28. The summed E-state index contributed by atoms with van der Waals surface area (Å²) in [5.41, 5.74) is 1.07. The smallest absolute Gasteiger partial charge is 0.338 e. The monoisotopic (exact) mass is 418 g/mol. The Kier molecular flexibility index (Phi) is 8.28. The molecule has 9 heteroatoms. The van der Waals surface area contributed by atoms with Crippen LogP contribution < -0.4 is 20.1 Å². The van der Waals surface area contributed by atoms with Crippen LogP contribution in [0.5, 0.6) is 11.5 Å². The van der Waals surface area contributed by atoms with Crippen LogP contribution in [0.1, 0.15) is 25.8 Å². The van der Waals surface area contributed by atoms with Crippen molar-refractivity contribution in [2.75, 3.05) is 27.4 Å². The zero-order valence-corrected chi connectivity index (χ0v) is 17.4. The van der Waals surface area contributed by atoms with Crippen LogP contribution in [0.4, 0.5) is 4.79 Å². The van der Waals surface area contributed by atoms with Crippen molar-refractivity contribution < 1.29 is 33.3 Å². The Bertz CT molecular complexity index is 861. The number of hydrogen-bond acceptors (Lipinski definition) is 7. The summed E-state index contributed by atoms with van der Waals surface area (Å²) in [7, 11) is 3.02. The van der Waals surface area contributed by atoms with E-state index in [0.717, 1.165) is 0 Å². The molecule has 0 spiro atoms. The highest BCUT2D eigenvalue weighted by Gasteiger charge is 2.31. The predicted octanol–water partition coefficient (Wildman–Crippen LogP) is 2.17. The van der Waals surface area contributed by atoms with E-state index in [9.17, 15) is 14.4 Å². The third-order valence-corrected chi connectivity index (χ3v) is 4.34. The Morgan fingerprint density at radius 3 is 2.53 bits per heavy atom. The van der Waals surface area contributed by atoms with Crippen molar-refractivity contribution in [2.24, 2.45) is 0 Å². The molecule has 1 aliphatic heterocycles. The van der Waals surface area contributed by atoms with E-state index in [-0.39, 0.29) is 24.5 Å². The molecule has 0 saturated heterocycles. The fourth-order valence-electron chi connectivity index (χ4n) is 2.97. The van der Waals surface area contributed by atoms with Gasteiger partial charge in [-0.15, -0.1) is 0 Å². The van der Waals surface area contributed by atoms with Crippen molar-refractivity contribution >= 4 is 24.0 Å². The molecule has 2 rings (SSSR count). The minimum Gasteiger partial charge on any atom is -0.493 e. The first-order valence-electron chi connectivity index (χ1n) is 9.48. The number of carbonyl (C=O) groups excluding carboxylic acids is 3. The average molecular weight is 418 g/mol. The van der Waals surface area contributed by atoms with E-state index in [1.54, 1.807) is 25.1 Å². The van der Waals surface area contributed by atoms with Gasteiger partial charge in [-0.05, 0) is 25.5 Å². The molecule has 2 amide bonds. The normalized spacial score (nSPS) is 16.0. The van der Waals surface area contributed by atoms with Gasteiger partial charge in [-0.1, -0.05) is 19.1 Å². The van der Waals surface area contributed by atoms with Crippen molar-refractivity contribution in [3.05, 3.63) is 41.1 Å². The molecule has 1 heterocycles. The minimum atomic E-state index is -0.656. The van der Waals surface area contributed by atoms with Crippen LogP contribution in [0.3, 0.4) is 0 Å². The molecule has 1 aliphatic rings. The van der Waals surface area contributed by atoms with Gasteiger partial charge in [0.05, 0.1) is 38.1 Å². The summed E-state index contributed by atoms with van der Waals surface area (Å²) in [6, 6.07) is 4.26. The third kappa shape index (κ3) is 5.53. The summed E-state index contributed by atoms with van der Waals surface area (Å²) in [6.45, 7) is 3.41. The van der Waals surface area contributed by atoms with Gasteiger partial charge >= 0.3 is 18.0 Å².